The Morgan fingerprint density at radius 1 is 1.33 bits per heavy atom. The fourth-order valence-corrected chi connectivity index (χ4v) is 3.13. The van der Waals surface area contributed by atoms with Gasteiger partial charge in [0, 0.05) is 25.3 Å². The van der Waals surface area contributed by atoms with Crippen LogP contribution in [0.2, 0.25) is 0 Å². The highest BCUT2D eigenvalue weighted by molar-refractivity contribution is 9.10. The van der Waals surface area contributed by atoms with Crippen molar-refractivity contribution in [3.63, 3.8) is 0 Å². The van der Waals surface area contributed by atoms with Gasteiger partial charge in [-0.3, -0.25) is 9.36 Å². The highest BCUT2D eigenvalue weighted by Crippen LogP contribution is 2.23. The normalized spacial score (nSPS) is 14.8. The average Bonchev–Trinajstić information content (AvgIpc) is 3.14. The summed E-state index contributed by atoms with van der Waals surface area (Å²) in [7, 11) is 0. The number of aryl methyl sites for hydroxylation is 2. The zero-order valence-corrected chi connectivity index (χ0v) is 14.2. The molecule has 0 amide bonds. The summed E-state index contributed by atoms with van der Waals surface area (Å²) in [5.74, 6) is 0. The van der Waals surface area contributed by atoms with E-state index in [2.05, 4.69) is 62.2 Å². The Morgan fingerprint density at radius 3 is 2.81 bits per heavy atom. The van der Waals surface area contributed by atoms with Crippen LogP contribution >= 0.6 is 15.9 Å². The van der Waals surface area contributed by atoms with Crippen LogP contribution in [0.15, 0.2) is 16.7 Å². The molecule has 0 aliphatic heterocycles. The van der Waals surface area contributed by atoms with Crippen molar-refractivity contribution in [2.45, 2.75) is 58.8 Å². The molecule has 5 nitrogen and oxygen atoms in total. The molecule has 6 heteroatoms. The standard InChI is InChI=1S/C15H22BrN5/c1-3-13-15(16)14(21(4-2)19-13)10-20-8-7-12(18-20)9-17-11-5-6-11/h7-8,11,17H,3-6,9-10H2,1-2H3. The topological polar surface area (TPSA) is 47.7 Å². The molecule has 1 aliphatic carbocycles. The highest BCUT2D eigenvalue weighted by Gasteiger charge is 2.20. The van der Waals surface area contributed by atoms with Gasteiger partial charge in [0.15, 0.2) is 0 Å². The van der Waals surface area contributed by atoms with Crippen LogP contribution in [0.1, 0.15) is 43.8 Å². The van der Waals surface area contributed by atoms with Crippen LogP contribution in [0.3, 0.4) is 0 Å². The summed E-state index contributed by atoms with van der Waals surface area (Å²) < 4.78 is 5.18. The van der Waals surface area contributed by atoms with Crippen LogP contribution in [0.5, 0.6) is 0 Å². The molecule has 1 fully saturated rings. The lowest BCUT2D eigenvalue weighted by atomic mass is 10.3. The summed E-state index contributed by atoms with van der Waals surface area (Å²) in [6.45, 7) is 6.76. The molecule has 0 radical (unpaired) electrons. The quantitative estimate of drug-likeness (QED) is 0.834. The van der Waals surface area contributed by atoms with Crippen LogP contribution in [0.4, 0.5) is 0 Å². The van der Waals surface area contributed by atoms with E-state index < -0.39 is 0 Å². The van der Waals surface area contributed by atoms with Crippen molar-refractivity contribution in [3.05, 3.63) is 33.8 Å². The summed E-state index contributed by atoms with van der Waals surface area (Å²) in [5, 5.41) is 12.8. The minimum absolute atomic E-state index is 0.720. The highest BCUT2D eigenvalue weighted by atomic mass is 79.9. The number of rotatable bonds is 7. The summed E-state index contributed by atoms with van der Waals surface area (Å²) in [5.41, 5.74) is 3.42. The first-order valence-corrected chi connectivity index (χ1v) is 8.50. The van der Waals surface area contributed by atoms with Gasteiger partial charge in [-0.15, -0.1) is 0 Å². The number of aromatic nitrogens is 4. The summed E-state index contributed by atoms with van der Waals surface area (Å²) >= 11 is 3.69. The third-order valence-corrected chi connectivity index (χ3v) is 4.77. The maximum absolute atomic E-state index is 4.65. The monoisotopic (exact) mass is 351 g/mol. The summed E-state index contributed by atoms with van der Waals surface area (Å²) in [6, 6.07) is 2.81. The lowest BCUT2D eigenvalue weighted by molar-refractivity contribution is 0.565. The van der Waals surface area contributed by atoms with E-state index in [1.165, 1.54) is 18.5 Å². The number of nitrogens with zero attached hydrogens (tertiary/aromatic N) is 4. The first-order valence-electron chi connectivity index (χ1n) is 7.71. The lowest BCUT2D eigenvalue weighted by Gasteiger charge is -2.06. The fraction of sp³-hybridized carbons (Fsp3) is 0.600. The summed E-state index contributed by atoms with van der Waals surface area (Å²) in [6.07, 6.45) is 5.61. The molecule has 21 heavy (non-hydrogen) atoms. The maximum atomic E-state index is 4.65. The van der Waals surface area contributed by atoms with Gasteiger partial charge < -0.3 is 5.32 Å². The van der Waals surface area contributed by atoms with E-state index in [0.29, 0.717) is 0 Å². The van der Waals surface area contributed by atoms with Gasteiger partial charge in [-0.2, -0.15) is 10.2 Å². The molecule has 0 spiro atoms. The zero-order chi connectivity index (χ0) is 14.8. The molecule has 0 bridgehead atoms. The predicted molar refractivity (Wildman–Crippen MR) is 86.2 cm³/mol. The van der Waals surface area contributed by atoms with Gasteiger partial charge in [-0.25, -0.2) is 0 Å². The van der Waals surface area contributed by atoms with E-state index in [1.54, 1.807) is 0 Å². The molecular formula is C15H22BrN5. The zero-order valence-electron chi connectivity index (χ0n) is 12.6. The van der Waals surface area contributed by atoms with Crippen LogP contribution in [-0.4, -0.2) is 25.6 Å². The largest absolute Gasteiger partial charge is 0.308 e. The molecule has 1 aliphatic rings. The van der Waals surface area contributed by atoms with Gasteiger partial charge in [0.1, 0.15) is 0 Å². The predicted octanol–water partition coefficient (Wildman–Crippen LogP) is 2.72. The molecule has 1 N–H and O–H groups in total. The lowest BCUT2D eigenvalue weighted by Crippen LogP contribution is -2.16. The Morgan fingerprint density at radius 2 is 2.14 bits per heavy atom. The van der Waals surface area contributed by atoms with Crippen molar-refractivity contribution < 1.29 is 0 Å². The van der Waals surface area contributed by atoms with E-state index in [1.807, 2.05) is 4.68 Å². The van der Waals surface area contributed by atoms with E-state index in [0.717, 1.165) is 48.0 Å². The maximum Gasteiger partial charge on any atom is 0.0839 e. The second-order valence-electron chi connectivity index (χ2n) is 5.54. The fourth-order valence-electron chi connectivity index (χ4n) is 2.44. The summed E-state index contributed by atoms with van der Waals surface area (Å²) in [4.78, 5) is 0. The second kappa shape index (κ2) is 6.32. The van der Waals surface area contributed by atoms with Gasteiger partial charge in [0.2, 0.25) is 0 Å². The molecule has 3 rings (SSSR count). The van der Waals surface area contributed by atoms with Gasteiger partial charge in [0.25, 0.3) is 0 Å². The number of halogens is 1. The third kappa shape index (κ3) is 3.37. The molecule has 2 heterocycles. The molecule has 0 atom stereocenters. The minimum Gasteiger partial charge on any atom is -0.308 e. The Hall–Kier alpha value is -1.14. The van der Waals surface area contributed by atoms with Crippen molar-refractivity contribution in [1.82, 2.24) is 24.9 Å². The minimum atomic E-state index is 0.720. The van der Waals surface area contributed by atoms with E-state index in [-0.39, 0.29) is 0 Å². The number of hydrogen-bond acceptors (Lipinski definition) is 3. The van der Waals surface area contributed by atoms with Crippen LogP contribution < -0.4 is 5.32 Å². The molecular weight excluding hydrogens is 330 g/mol. The van der Waals surface area contributed by atoms with Crippen LogP contribution in [0.25, 0.3) is 0 Å². The van der Waals surface area contributed by atoms with Crippen molar-refractivity contribution in [2.24, 2.45) is 0 Å². The van der Waals surface area contributed by atoms with Gasteiger partial charge in [-0.1, -0.05) is 6.92 Å². The molecule has 1 saturated carbocycles. The van der Waals surface area contributed by atoms with E-state index >= 15 is 0 Å². The first kappa shape index (κ1) is 14.8. The average molecular weight is 352 g/mol. The third-order valence-electron chi connectivity index (χ3n) is 3.85. The van der Waals surface area contributed by atoms with Crippen molar-refractivity contribution in [3.8, 4) is 0 Å². The van der Waals surface area contributed by atoms with E-state index in [9.17, 15) is 0 Å². The molecule has 0 aromatic carbocycles. The SMILES string of the molecule is CCc1nn(CC)c(Cn2ccc(CNC3CC3)n2)c1Br. The van der Waals surface area contributed by atoms with Crippen molar-refractivity contribution >= 4 is 15.9 Å². The number of hydrogen-bond donors (Lipinski definition) is 1. The molecule has 2 aromatic rings. The van der Waals surface area contributed by atoms with Gasteiger partial charge >= 0.3 is 0 Å². The molecule has 0 saturated heterocycles. The van der Waals surface area contributed by atoms with Crippen LogP contribution in [-0.2, 0) is 26.1 Å². The number of nitrogens with one attached hydrogen (secondary N) is 1. The molecule has 0 unspecified atom stereocenters. The molecule has 2 aromatic heterocycles. The van der Waals surface area contributed by atoms with Gasteiger partial charge in [-0.05, 0) is 48.2 Å². The Bertz CT molecular complexity index is 612. The second-order valence-corrected chi connectivity index (χ2v) is 6.33. The Labute approximate surface area is 133 Å². The van der Waals surface area contributed by atoms with E-state index in [4.69, 9.17) is 0 Å². The smallest absolute Gasteiger partial charge is 0.0839 e. The Balaban J connectivity index is 1.71. The van der Waals surface area contributed by atoms with Crippen LogP contribution in [0, 0.1) is 0 Å². The molecule has 114 valence electrons. The van der Waals surface area contributed by atoms with Crippen molar-refractivity contribution in [2.75, 3.05) is 0 Å². The van der Waals surface area contributed by atoms with Crippen molar-refractivity contribution in [1.29, 1.82) is 0 Å². The van der Waals surface area contributed by atoms with Gasteiger partial charge in [0.05, 0.1) is 28.1 Å². The first-order chi connectivity index (χ1) is 10.2. The Kier molecular flexibility index (Phi) is 4.45.